The minimum atomic E-state index is -5.05. The van der Waals surface area contributed by atoms with E-state index in [1.165, 1.54) is 13.8 Å². The fourth-order valence-corrected chi connectivity index (χ4v) is 3.48. The van der Waals surface area contributed by atoms with E-state index in [0.29, 0.717) is 18.4 Å². The number of amidine groups is 1. The standard InChI is InChI=1S/C19H22F3N3O2/c1-12(2)16(26)24-18(19(20,21)22)17(27)25(14-10-6-7-11-14)15(23-18)13-8-4-3-5-9-13/h3-5,8-9,12,14H,6-7,10-11H2,1-2H3,(H,24,26)/t18-/m0/s1. The number of alkyl halides is 3. The molecule has 3 rings (SSSR count). The summed E-state index contributed by atoms with van der Waals surface area (Å²) in [4.78, 5) is 30.2. The molecular weight excluding hydrogens is 359 g/mol. The van der Waals surface area contributed by atoms with Crippen molar-refractivity contribution < 1.29 is 22.8 Å². The van der Waals surface area contributed by atoms with Crippen LogP contribution < -0.4 is 5.32 Å². The molecule has 0 spiro atoms. The number of carbonyl (C=O) groups excluding carboxylic acids is 2. The van der Waals surface area contributed by atoms with Crippen LogP contribution in [0.4, 0.5) is 13.2 Å². The summed E-state index contributed by atoms with van der Waals surface area (Å²) in [6.07, 6.45) is -2.14. The summed E-state index contributed by atoms with van der Waals surface area (Å²) in [7, 11) is 0. The second kappa shape index (κ2) is 6.98. The third-order valence-electron chi connectivity index (χ3n) is 4.99. The van der Waals surface area contributed by atoms with Gasteiger partial charge in [0, 0.05) is 17.5 Å². The van der Waals surface area contributed by atoms with Crippen LogP contribution >= 0.6 is 0 Å². The van der Waals surface area contributed by atoms with Gasteiger partial charge in [-0.15, -0.1) is 0 Å². The molecule has 0 bridgehead atoms. The highest BCUT2D eigenvalue weighted by molar-refractivity contribution is 6.16. The molecule has 2 amide bonds. The van der Waals surface area contributed by atoms with Crippen LogP contribution in [-0.4, -0.2) is 40.4 Å². The molecule has 5 nitrogen and oxygen atoms in total. The average molecular weight is 381 g/mol. The first-order valence-corrected chi connectivity index (χ1v) is 9.05. The highest BCUT2D eigenvalue weighted by Gasteiger charge is 2.67. The number of benzene rings is 1. The quantitative estimate of drug-likeness (QED) is 0.870. The Morgan fingerprint density at radius 3 is 2.33 bits per heavy atom. The zero-order chi connectivity index (χ0) is 19.8. The van der Waals surface area contributed by atoms with E-state index in [0.717, 1.165) is 17.7 Å². The van der Waals surface area contributed by atoms with E-state index in [2.05, 4.69) is 4.99 Å². The molecule has 0 unspecified atom stereocenters. The summed E-state index contributed by atoms with van der Waals surface area (Å²) >= 11 is 0. The Kier molecular flexibility index (Phi) is 5.01. The molecule has 1 N–H and O–H groups in total. The Morgan fingerprint density at radius 1 is 1.22 bits per heavy atom. The van der Waals surface area contributed by atoms with Crippen LogP contribution in [0.25, 0.3) is 0 Å². The van der Waals surface area contributed by atoms with Crippen molar-refractivity contribution in [3.8, 4) is 0 Å². The van der Waals surface area contributed by atoms with Gasteiger partial charge in [0.1, 0.15) is 5.84 Å². The number of aliphatic imine (C=N–C) groups is 1. The highest BCUT2D eigenvalue weighted by Crippen LogP contribution is 2.41. The third kappa shape index (κ3) is 3.33. The van der Waals surface area contributed by atoms with Crippen LogP contribution in [0.15, 0.2) is 35.3 Å². The van der Waals surface area contributed by atoms with Gasteiger partial charge in [-0.3, -0.25) is 14.5 Å². The molecular formula is C19H22F3N3O2. The molecule has 1 fully saturated rings. The Bertz CT molecular complexity index is 755. The molecule has 27 heavy (non-hydrogen) atoms. The fourth-order valence-electron chi connectivity index (χ4n) is 3.48. The largest absolute Gasteiger partial charge is 0.442 e. The Labute approximate surface area is 155 Å². The molecule has 0 saturated heterocycles. The topological polar surface area (TPSA) is 61.8 Å². The van der Waals surface area contributed by atoms with Crippen molar-refractivity contribution in [2.75, 3.05) is 0 Å². The SMILES string of the molecule is CC(C)C(=O)N[C@@]1(C(F)(F)F)N=C(c2ccccc2)N(C2CCCC2)C1=O. The van der Waals surface area contributed by atoms with Crippen molar-refractivity contribution >= 4 is 17.6 Å². The number of hydrogen-bond acceptors (Lipinski definition) is 3. The molecule has 1 saturated carbocycles. The van der Waals surface area contributed by atoms with Crippen LogP contribution in [0.2, 0.25) is 0 Å². The molecule has 1 aromatic rings. The monoisotopic (exact) mass is 381 g/mol. The zero-order valence-corrected chi connectivity index (χ0v) is 15.2. The number of nitrogens with zero attached hydrogens (tertiary/aromatic N) is 2. The maximum Gasteiger partial charge on any atom is 0.442 e. The second-order valence-electron chi connectivity index (χ2n) is 7.27. The van der Waals surface area contributed by atoms with E-state index < -0.39 is 29.6 Å². The minimum Gasteiger partial charge on any atom is -0.316 e. The van der Waals surface area contributed by atoms with Crippen LogP contribution in [0.3, 0.4) is 0 Å². The lowest BCUT2D eigenvalue weighted by molar-refractivity contribution is -0.201. The Balaban J connectivity index is 2.13. The van der Waals surface area contributed by atoms with Crippen molar-refractivity contribution in [2.24, 2.45) is 10.9 Å². The first kappa shape index (κ1) is 19.4. The van der Waals surface area contributed by atoms with E-state index in [1.54, 1.807) is 30.3 Å². The maximum absolute atomic E-state index is 14.1. The average Bonchev–Trinajstić information content (AvgIpc) is 3.22. The van der Waals surface area contributed by atoms with Gasteiger partial charge in [0.05, 0.1) is 0 Å². The summed E-state index contributed by atoms with van der Waals surface area (Å²) in [5, 5.41) is 1.89. The molecule has 0 radical (unpaired) electrons. The van der Waals surface area contributed by atoms with E-state index in [-0.39, 0.29) is 11.9 Å². The minimum absolute atomic E-state index is 0.0334. The number of halogens is 3. The normalized spacial score (nSPS) is 23.9. The van der Waals surface area contributed by atoms with Crippen molar-refractivity contribution in [2.45, 2.75) is 57.4 Å². The van der Waals surface area contributed by atoms with Gasteiger partial charge in [0.15, 0.2) is 0 Å². The zero-order valence-electron chi connectivity index (χ0n) is 15.2. The molecule has 1 aliphatic carbocycles. The fraction of sp³-hybridized carbons (Fsp3) is 0.526. The summed E-state index contributed by atoms with van der Waals surface area (Å²) in [5.41, 5.74) is -2.86. The van der Waals surface area contributed by atoms with Crippen molar-refractivity contribution in [3.63, 3.8) is 0 Å². The van der Waals surface area contributed by atoms with Crippen molar-refractivity contribution in [1.29, 1.82) is 0 Å². The summed E-state index contributed by atoms with van der Waals surface area (Å²) < 4.78 is 42.2. The molecule has 0 aromatic heterocycles. The Hall–Kier alpha value is -2.38. The summed E-state index contributed by atoms with van der Waals surface area (Å²) in [6, 6.07) is 7.97. The number of hydrogen-bond donors (Lipinski definition) is 1. The number of rotatable bonds is 4. The number of amides is 2. The molecule has 146 valence electrons. The van der Waals surface area contributed by atoms with Gasteiger partial charge < -0.3 is 5.32 Å². The van der Waals surface area contributed by atoms with Crippen LogP contribution in [0, 0.1) is 5.92 Å². The van der Waals surface area contributed by atoms with E-state index in [4.69, 9.17) is 0 Å². The van der Waals surface area contributed by atoms with Crippen molar-refractivity contribution in [3.05, 3.63) is 35.9 Å². The van der Waals surface area contributed by atoms with Crippen LogP contribution in [-0.2, 0) is 9.59 Å². The van der Waals surface area contributed by atoms with Gasteiger partial charge in [-0.2, -0.15) is 13.2 Å². The maximum atomic E-state index is 14.1. The lowest BCUT2D eigenvalue weighted by Gasteiger charge is -2.31. The summed E-state index contributed by atoms with van der Waals surface area (Å²) in [5.74, 6) is -2.85. The number of carbonyl (C=O) groups is 2. The van der Waals surface area contributed by atoms with Gasteiger partial charge in [-0.1, -0.05) is 57.0 Å². The van der Waals surface area contributed by atoms with Gasteiger partial charge in [0.2, 0.25) is 5.91 Å². The molecule has 2 aliphatic rings. The van der Waals surface area contributed by atoms with E-state index in [9.17, 15) is 22.8 Å². The first-order valence-electron chi connectivity index (χ1n) is 9.05. The number of nitrogens with one attached hydrogen (secondary N) is 1. The molecule has 1 aliphatic heterocycles. The summed E-state index contributed by atoms with van der Waals surface area (Å²) in [6.45, 7) is 2.94. The Morgan fingerprint density at radius 2 is 1.81 bits per heavy atom. The molecule has 1 atom stereocenters. The third-order valence-corrected chi connectivity index (χ3v) is 4.99. The first-order chi connectivity index (χ1) is 12.7. The second-order valence-corrected chi connectivity index (χ2v) is 7.27. The van der Waals surface area contributed by atoms with Gasteiger partial charge in [-0.05, 0) is 12.8 Å². The van der Waals surface area contributed by atoms with Gasteiger partial charge in [-0.25, -0.2) is 4.99 Å². The predicted octanol–water partition coefficient (Wildman–Crippen LogP) is 3.25. The van der Waals surface area contributed by atoms with Crippen molar-refractivity contribution in [1.82, 2.24) is 10.2 Å². The van der Waals surface area contributed by atoms with E-state index >= 15 is 0 Å². The lowest BCUT2D eigenvalue weighted by atomic mass is 10.1. The van der Waals surface area contributed by atoms with E-state index in [1.807, 2.05) is 5.32 Å². The molecule has 1 aromatic carbocycles. The van der Waals surface area contributed by atoms with Gasteiger partial charge in [0.25, 0.3) is 5.91 Å². The lowest BCUT2D eigenvalue weighted by Crippen LogP contribution is -2.64. The van der Waals surface area contributed by atoms with Gasteiger partial charge >= 0.3 is 11.8 Å². The molecule has 8 heteroatoms. The predicted molar refractivity (Wildman–Crippen MR) is 93.8 cm³/mol. The highest BCUT2D eigenvalue weighted by atomic mass is 19.4. The smallest absolute Gasteiger partial charge is 0.316 e. The molecule has 1 heterocycles. The van der Waals surface area contributed by atoms with Crippen LogP contribution in [0.1, 0.15) is 45.1 Å². The van der Waals surface area contributed by atoms with Crippen LogP contribution in [0.5, 0.6) is 0 Å².